The van der Waals surface area contributed by atoms with Gasteiger partial charge in [-0.05, 0) is 25.3 Å². The van der Waals surface area contributed by atoms with Gasteiger partial charge < -0.3 is 14.9 Å². The van der Waals surface area contributed by atoms with Crippen molar-refractivity contribution in [1.29, 1.82) is 0 Å². The second kappa shape index (κ2) is 24.6. The van der Waals surface area contributed by atoms with E-state index >= 15 is 0 Å². The summed E-state index contributed by atoms with van der Waals surface area (Å²) in [6.07, 6.45) is 25.2. The number of aliphatic hydroxyl groups is 2. The summed E-state index contributed by atoms with van der Waals surface area (Å²) in [6.45, 7) is 2.70. The Hall–Kier alpha value is -0.710. The maximum atomic E-state index is 11.8. The highest BCUT2D eigenvalue weighted by atomic mass is 16.5. The van der Waals surface area contributed by atoms with Gasteiger partial charge in [-0.1, -0.05) is 103 Å². The molecule has 0 aliphatic carbocycles. The first-order chi connectivity index (χ1) is 14.7. The van der Waals surface area contributed by atoms with Crippen molar-refractivity contribution in [3.8, 4) is 0 Å². The van der Waals surface area contributed by atoms with Crippen LogP contribution in [0.3, 0.4) is 0 Å². The highest BCUT2D eigenvalue weighted by molar-refractivity contribution is 5.89. The van der Waals surface area contributed by atoms with E-state index in [1.54, 1.807) is 6.08 Å². The Morgan fingerprint density at radius 3 is 1.80 bits per heavy atom. The van der Waals surface area contributed by atoms with E-state index in [-0.39, 0.29) is 19.0 Å². The number of rotatable bonds is 24. The molecule has 0 aromatic heterocycles. The van der Waals surface area contributed by atoms with Gasteiger partial charge >= 0.3 is 0 Å². The third-order valence-corrected chi connectivity index (χ3v) is 5.51. The first kappa shape index (κ1) is 29.3. The van der Waals surface area contributed by atoms with Gasteiger partial charge in [0.15, 0.2) is 5.78 Å². The molecule has 0 heterocycles. The van der Waals surface area contributed by atoms with Gasteiger partial charge in [0, 0.05) is 13.0 Å². The Labute approximate surface area is 186 Å². The molecule has 0 aliphatic heterocycles. The number of ether oxygens (including phenoxy) is 1. The lowest BCUT2D eigenvalue weighted by atomic mass is 10.0. The molecule has 0 saturated carbocycles. The summed E-state index contributed by atoms with van der Waals surface area (Å²) in [5.41, 5.74) is 0. The van der Waals surface area contributed by atoms with E-state index in [0.29, 0.717) is 13.0 Å². The molecule has 4 nitrogen and oxygen atoms in total. The summed E-state index contributed by atoms with van der Waals surface area (Å²) in [7, 11) is 0. The van der Waals surface area contributed by atoms with Crippen LogP contribution in [0.5, 0.6) is 0 Å². The lowest BCUT2D eigenvalue weighted by molar-refractivity contribution is -0.114. The molecule has 30 heavy (non-hydrogen) atoms. The van der Waals surface area contributed by atoms with Crippen molar-refractivity contribution >= 4 is 5.78 Å². The SMILES string of the molecule is CCCCCCCCCCCCCCCCCC(=O)/C=C/CCCOC[C@H](O)CO. The maximum absolute atomic E-state index is 11.8. The summed E-state index contributed by atoms with van der Waals surface area (Å²) in [4.78, 5) is 11.8. The monoisotopic (exact) mass is 426 g/mol. The number of carbonyl (C=O) groups excluding carboxylic acids is 1. The van der Waals surface area contributed by atoms with Gasteiger partial charge in [0.2, 0.25) is 0 Å². The zero-order valence-electron chi connectivity index (χ0n) is 19.8. The fraction of sp³-hybridized carbons (Fsp3) is 0.885. The third-order valence-electron chi connectivity index (χ3n) is 5.51. The lowest BCUT2D eigenvalue weighted by Crippen LogP contribution is -2.19. The van der Waals surface area contributed by atoms with Crippen molar-refractivity contribution in [2.45, 2.75) is 129 Å². The number of allylic oxidation sites excluding steroid dienone is 2. The van der Waals surface area contributed by atoms with Crippen LogP contribution in [0.25, 0.3) is 0 Å². The molecule has 2 N–H and O–H groups in total. The Kier molecular flexibility index (Phi) is 24.0. The molecule has 0 fully saturated rings. The normalized spacial score (nSPS) is 12.6. The topological polar surface area (TPSA) is 66.8 Å². The van der Waals surface area contributed by atoms with E-state index in [2.05, 4.69) is 6.92 Å². The molecule has 0 bridgehead atoms. The average molecular weight is 427 g/mol. The third kappa shape index (κ3) is 23.6. The average Bonchev–Trinajstić information content (AvgIpc) is 2.75. The standard InChI is InChI=1S/C26H50O4/c1-2-3-4-5-6-7-8-9-10-11-12-13-14-15-17-20-25(28)21-18-16-19-22-30-24-26(29)23-27/h18,21,26-27,29H,2-17,19-20,22-24H2,1H3/b21-18+/t26-/m1/s1. The minimum Gasteiger partial charge on any atom is -0.394 e. The summed E-state index contributed by atoms with van der Waals surface area (Å²) >= 11 is 0. The molecule has 0 aromatic carbocycles. The number of ketones is 1. The minimum atomic E-state index is -0.794. The van der Waals surface area contributed by atoms with Crippen LogP contribution in [0.15, 0.2) is 12.2 Å². The summed E-state index contributed by atoms with van der Waals surface area (Å²) in [5.74, 6) is 0.223. The fourth-order valence-corrected chi connectivity index (χ4v) is 3.54. The Bertz CT molecular complexity index is 381. The zero-order valence-corrected chi connectivity index (χ0v) is 19.8. The largest absolute Gasteiger partial charge is 0.394 e. The second-order valence-corrected chi connectivity index (χ2v) is 8.62. The highest BCUT2D eigenvalue weighted by Crippen LogP contribution is 2.13. The molecule has 0 aliphatic rings. The number of hydrogen-bond donors (Lipinski definition) is 2. The van der Waals surface area contributed by atoms with Crippen molar-refractivity contribution < 1.29 is 19.7 Å². The van der Waals surface area contributed by atoms with Crippen LogP contribution in [-0.4, -0.2) is 41.9 Å². The van der Waals surface area contributed by atoms with E-state index in [1.807, 2.05) is 6.08 Å². The van der Waals surface area contributed by atoms with Gasteiger partial charge in [0.25, 0.3) is 0 Å². The van der Waals surface area contributed by atoms with Crippen molar-refractivity contribution in [2.24, 2.45) is 0 Å². The number of hydrogen-bond acceptors (Lipinski definition) is 4. The molecule has 178 valence electrons. The lowest BCUT2D eigenvalue weighted by Gasteiger charge is -2.06. The molecule has 0 unspecified atom stereocenters. The van der Waals surface area contributed by atoms with E-state index in [1.165, 1.54) is 89.9 Å². The first-order valence-corrected chi connectivity index (χ1v) is 12.8. The quantitative estimate of drug-likeness (QED) is 0.136. The molecular weight excluding hydrogens is 376 g/mol. The summed E-state index contributed by atoms with van der Waals surface area (Å²) < 4.78 is 5.22. The van der Waals surface area contributed by atoms with E-state index < -0.39 is 6.10 Å². The van der Waals surface area contributed by atoms with Gasteiger partial charge in [-0.15, -0.1) is 0 Å². The molecule has 0 radical (unpaired) electrons. The van der Waals surface area contributed by atoms with Gasteiger partial charge in [-0.25, -0.2) is 0 Å². The molecular formula is C26H50O4. The van der Waals surface area contributed by atoms with Crippen LogP contribution < -0.4 is 0 Å². The smallest absolute Gasteiger partial charge is 0.155 e. The summed E-state index contributed by atoms with van der Waals surface area (Å²) in [6, 6.07) is 0. The van der Waals surface area contributed by atoms with Crippen LogP contribution in [0.2, 0.25) is 0 Å². The second-order valence-electron chi connectivity index (χ2n) is 8.62. The number of unbranched alkanes of at least 4 members (excludes halogenated alkanes) is 15. The maximum Gasteiger partial charge on any atom is 0.155 e. The van der Waals surface area contributed by atoms with Crippen molar-refractivity contribution in [3.05, 3.63) is 12.2 Å². The first-order valence-electron chi connectivity index (χ1n) is 12.8. The molecule has 0 spiro atoms. The van der Waals surface area contributed by atoms with Crippen LogP contribution in [0, 0.1) is 0 Å². The summed E-state index contributed by atoms with van der Waals surface area (Å²) in [5, 5.41) is 17.8. The van der Waals surface area contributed by atoms with Gasteiger partial charge in [-0.2, -0.15) is 0 Å². The van der Waals surface area contributed by atoms with Crippen LogP contribution >= 0.6 is 0 Å². The van der Waals surface area contributed by atoms with Crippen LogP contribution in [-0.2, 0) is 9.53 Å². The number of carbonyl (C=O) groups is 1. The molecule has 0 amide bonds. The number of aliphatic hydroxyl groups excluding tert-OH is 2. The predicted molar refractivity (Wildman–Crippen MR) is 127 cm³/mol. The van der Waals surface area contributed by atoms with Crippen molar-refractivity contribution in [2.75, 3.05) is 19.8 Å². The molecule has 0 aromatic rings. The van der Waals surface area contributed by atoms with Crippen molar-refractivity contribution in [3.63, 3.8) is 0 Å². The van der Waals surface area contributed by atoms with Gasteiger partial charge in [-0.3, -0.25) is 4.79 Å². The van der Waals surface area contributed by atoms with E-state index in [0.717, 1.165) is 19.3 Å². The zero-order chi connectivity index (χ0) is 22.1. The van der Waals surface area contributed by atoms with Crippen LogP contribution in [0.1, 0.15) is 122 Å². The fourth-order valence-electron chi connectivity index (χ4n) is 3.54. The van der Waals surface area contributed by atoms with Crippen LogP contribution in [0.4, 0.5) is 0 Å². The highest BCUT2D eigenvalue weighted by Gasteiger charge is 2.01. The molecule has 0 saturated heterocycles. The molecule has 4 heteroatoms. The van der Waals surface area contributed by atoms with Gasteiger partial charge in [0.1, 0.15) is 6.10 Å². The molecule has 0 rings (SSSR count). The Balaban J connectivity index is 3.24. The van der Waals surface area contributed by atoms with Crippen molar-refractivity contribution in [1.82, 2.24) is 0 Å². The predicted octanol–water partition coefficient (Wildman–Crippen LogP) is 6.52. The van der Waals surface area contributed by atoms with E-state index in [9.17, 15) is 4.79 Å². The minimum absolute atomic E-state index is 0.165. The Morgan fingerprint density at radius 1 is 0.800 bits per heavy atom. The van der Waals surface area contributed by atoms with Gasteiger partial charge in [0.05, 0.1) is 13.2 Å². The van der Waals surface area contributed by atoms with E-state index in [4.69, 9.17) is 14.9 Å². The Morgan fingerprint density at radius 2 is 1.30 bits per heavy atom. The molecule has 1 atom stereocenters.